The summed E-state index contributed by atoms with van der Waals surface area (Å²) in [5, 5.41) is 4.57. The molecule has 1 heterocycles. The third-order valence-corrected chi connectivity index (χ3v) is 5.67. The normalized spacial score (nSPS) is 14.6. The van der Waals surface area contributed by atoms with Gasteiger partial charge in [0.1, 0.15) is 10.6 Å². The Bertz CT molecular complexity index is 962. The second kappa shape index (κ2) is 6.46. The molecular weight excluding hydrogens is 334 g/mol. The van der Waals surface area contributed by atoms with Gasteiger partial charge in [-0.2, -0.15) is 5.10 Å². The quantitative estimate of drug-likeness (QED) is 0.741. The Labute approximate surface area is 147 Å². The Morgan fingerprint density at radius 3 is 2.28 bits per heavy atom. The lowest BCUT2D eigenvalue weighted by Crippen LogP contribution is -2.25. The molecule has 0 radical (unpaired) electrons. The predicted molar refractivity (Wildman–Crippen MR) is 96.6 cm³/mol. The number of benzene rings is 2. The molecule has 4 rings (SSSR count). The lowest BCUT2D eigenvalue weighted by molar-refractivity contribution is 0.581. The van der Waals surface area contributed by atoms with E-state index >= 15 is 0 Å². The van der Waals surface area contributed by atoms with Gasteiger partial charge in [0.25, 0.3) is 0 Å². The summed E-state index contributed by atoms with van der Waals surface area (Å²) in [5.74, 6) is 0. The maximum absolute atomic E-state index is 12.8. The van der Waals surface area contributed by atoms with Crippen LogP contribution in [0.4, 0.5) is 0 Å². The molecule has 1 fully saturated rings. The molecule has 0 aliphatic heterocycles. The van der Waals surface area contributed by atoms with Crippen molar-refractivity contribution < 1.29 is 8.42 Å². The van der Waals surface area contributed by atoms with Crippen molar-refractivity contribution in [1.82, 2.24) is 14.5 Å². The van der Waals surface area contributed by atoms with E-state index < -0.39 is 10.0 Å². The summed E-state index contributed by atoms with van der Waals surface area (Å²) in [4.78, 5) is 0.238. The highest BCUT2D eigenvalue weighted by molar-refractivity contribution is 7.89. The first-order valence-corrected chi connectivity index (χ1v) is 9.79. The highest BCUT2D eigenvalue weighted by Gasteiger charge is 2.31. The minimum atomic E-state index is -3.58. The molecule has 1 aliphatic carbocycles. The fraction of sp³-hybridized carbons (Fsp3) is 0.211. The summed E-state index contributed by atoms with van der Waals surface area (Å²) < 4.78 is 30.0. The zero-order valence-corrected chi connectivity index (χ0v) is 14.5. The fourth-order valence-electron chi connectivity index (χ4n) is 2.73. The van der Waals surface area contributed by atoms with Crippen LogP contribution in [-0.2, 0) is 16.6 Å². The van der Waals surface area contributed by atoms with Gasteiger partial charge in [0.2, 0.25) is 10.0 Å². The van der Waals surface area contributed by atoms with Crippen molar-refractivity contribution >= 4 is 10.0 Å². The molecule has 128 valence electrons. The Morgan fingerprint density at radius 2 is 1.64 bits per heavy atom. The number of nitrogens with zero attached hydrogens (tertiary/aromatic N) is 2. The molecule has 0 amide bonds. The molecule has 0 spiro atoms. The molecule has 2 aromatic carbocycles. The second-order valence-corrected chi connectivity index (χ2v) is 7.97. The lowest BCUT2D eigenvalue weighted by Gasteiger charge is -2.05. The minimum Gasteiger partial charge on any atom is -0.266 e. The first-order valence-electron chi connectivity index (χ1n) is 8.31. The number of nitrogens with one attached hydrogen (secondary N) is 1. The molecule has 5 nitrogen and oxygen atoms in total. The van der Waals surface area contributed by atoms with Crippen molar-refractivity contribution in [1.29, 1.82) is 0 Å². The van der Waals surface area contributed by atoms with Crippen LogP contribution in [0.1, 0.15) is 18.4 Å². The van der Waals surface area contributed by atoms with Crippen molar-refractivity contribution in [3.05, 3.63) is 72.4 Å². The van der Waals surface area contributed by atoms with Crippen LogP contribution >= 0.6 is 0 Å². The molecule has 3 aromatic rings. The number of rotatable bonds is 6. The van der Waals surface area contributed by atoms with Crippen LogP contribution in [0, 0.1) is 0 Å². The minimum absolute atomic E-state index is 0.0612. The van der Waals surface area contributed by atoms with E-state index in [-0.39, 0.29) is 10.9 Å². The van der Waals surface area contributed by atoms with E-state index in [1.54, 1.807) is 10.9 Å². The molecule has 0 saturated heterocycles. The van der Waals surface area contributed by atoms with Crippen LogP contribution < -0.4 is 4.72 Å². The average Bonchev–Trinajstić information content (AvgIpc) is 3.31. The maximum atomic E-state index is 12.8. The molecule has 0 bridgehead atoms. The SMILES string of the molecule is O=S(=O)(NC1CC1)c1cn(Cc2ccccc2)nc1-c1ccccc1. The third kappa shape index (κ3) is 3.65. The standard InChI is InChI=1S/C19H19N3O2S/c23-25(24,21-17-11-12-17)18-14-22(13-15-7-3-1-4-8-15)20-19(18)16-9-5-2-6-10-16/h1-10,14,17,21H,11-13H2. The van der Waals surface area contributed by atoms with E-state index in [9.17, 15) is 8.42 Å². The van der Waals surface area contributed by atoms with Crippen molar-refractivity contribution in [2.45, 2.75) is 30.3 Å². The monoisotopic (exact) mass is 353 g/mol. The summed E-state index contributed by atoms with van der Waals surface area (Å²) in [6, 6.07) is 19.4. The zero-order valence-electron chi connectivity index (χ0n) is 13.7. The zero-order chi connectivity index (χ0) is 17.3. The largest absolute Gasteiger partial charge is 0.266 e. The van der Waals surface area contributed by atoms with Gasteiger partial charge in [-0.15, -0.1) is 0 Å². The van der Waals surface area contributed by atoms with Crippen LogP contribution in [0.15, 0.2) is 71.8 Å². The maximum Gasteiger partial charge on any atom is 0.244 e. The first-order chi connectivity index (χ1) is 12.1. The van der Waals surface area contributed by atoms with Gasteiger partial charge < -0.3 is 0 Å². The lowest BCUT2D eigenvalue weighted by atomic mass is 10.2. The molecule has 1 aliphatic rings. The van der Waals surface area contributed by atoms with Gasteiger partial charge >= 0.3 is 0 Å². The average molecular weight is 353 g/mol. The number of hydrogen-bond donors (Lipinski definition) is 1. The highest BCUT2D eigenvalue weighted by atomic mass is 32.2. The Morgan fingerprint density at radius 1 is 1.00 bits per heavy atom. The summed E-state index contributed by atoms with van der Waals surface area (Å²) in [7, 11) is -3.58. The van der Waals surface area contributed by atoms with Crippen LogP contribution in [-0.4, -0.2) is 24.2 Å². The van der Waals surface area contributed by atoms with Crippen LogP contribution in [0.3, 0.4) is 0 Å². The molecule has 1 saturated carbocycles. The van der Waals surface area contributed by atoms with E-state index in [0.717, 1.165) is 24.0 Å². The summed E-state index contributed by atoms with van der Waals surface area (Å²) in [6.07, 6.45) is 3.43. The van der Waals surface area contributed by atoms with Crippen molar-refractivity contribution in [2.24, 2.45) is 0 Å². The van der Waals surface area contributed by atoms with E-state index in [4.69, 9.17) is 0 Å². The molecule has 1 N–H and O–H groups in total. The molecule has 6 heteroatoms. The number of hydrogen-bond acceptors (Lipinski definition) is 3. The molecule has 25 heavy (non-hydrogen) atoms. The van der Waals surface area contributed by atoms with E-state index in [1.807, 2.05) is 60.7 Å². The predicted octanol–water partition coefficient (Wildman–Crippen LogP) is 3.04. The molecule has 0 atom stereocenters. The summed E-state index contributed by atoms with van der Waals surface area (Å²) >= 11 is 0. The smallest absolute Gasteiger partial charge is 0.244 e. The third-order valence-electron chi connectivity index (χ3n) is 4.15. The van der Waals surface area contributed by atoms with Gasteiger partial charge in [-0.05, 0) is 18.4 Å². The molecule has 1 aromatic heterocycles. The van der Waals surface area contributed by atoms with Crippen LogP contribution in [0.25, 0.3) is 11.3 Å². The topological polar surface area (TPSA) is 64.0 Å². The van der Waals surface area contributed by atoms with Gasteiger partial charge in [-0.1, -0.05) is 60.7 Å². The number of sulfonamides is 1. The van der Waals surface area contributed by atoms with Crippen molar-refractivity contribution in [3.8, 4) is 11.3 Å². The molecular formula is C19H19N3O2S. The Hall–Kier alpha value is -2.44. The fourth-order valence-corrected chi connectivity index (χ4v) is 4.21. The Balaban J connectivity index is 1.75. The van der Waals surface area contributed by atoms with Crippen LogP contribution in [0.5, 0.6) is 0 Å². The van der Waals surface area contributed by atoms with E-state index in [2.05, 4.69) is 9.82 Å². The van der Waals surface area contributed by atoms with E-state index in [0.29, 0.717) is 12.2 Å². The summed E-state index contributed by atoms with van der Waals surface area (Å²) in [6.45, 7) is 0.527. The van der Waals surface area contributed by atoms with Crippen molar-refractivity contribution in [2.75, 3.05) is 0 Å². The van der Waals surface area contributed by atoms with Crippen molar-refractivity contribution in [3.63, 3.8) is 0 Å². The van der Waals surface area contributed by atoms with Gasteiger partial charge in [0.15, 0.2) is 0 Å². The highest BCUT2D eigenvalue weighted by Crippen LogP contribution is 2.28. The van der Waals surface area contributed by atoms with Crippen LogP contribution in [0.2, 0.25) is 0 Å². The first kappa shape index (κ1) is 16.1. The summed E-state index contributed by atoms with van der Waals surface area (Å²) in [5.41, 5.74) is 2.36. The number of aromatic nitrogens is 2. The van der Waals surface area contributed by atoms with E-state index in [1.165, 1.54) is 0 Å². The second-order valence-electron chi connectivity index (χ2n) is 6.29. The Kier molecular flexibility index (Phi) is 4.15. The van der Waals surface area contributed by atoms with Gasteiger partial charge in [0.05, 0.1) is 6.54 Å². The van der Waals surface area contributed by atoms with Gasteiger partial charge in [-0.25, -0.2) is 13.1 Å². The van der Waals surface area contributed by atoms with Gasteiger partial charge in [-0.3, -0.25) is 4.68 Å². The molecule has 0 unspecified atom stereocenters. The van der Waals surface area contributed by atoms with Gasteiger partial charge in [0, 0.05) is 17.8 Å².